The van der Waals surface area contributed by atoms with E-state index in [2.05, 4.69) is 49.6 Å². The number of anilines is 2. The number of carbonyl (C=O) groups excluding carboxylic acids is 4. The lowest BCUT2D eigenvalue weighted by atomic mass is 9.84. The summed E-state index contributed by atoms with van der Waals surface area (Å²) < 4.78 is 33.4. The fourth-order valence-electron chi connectivity index (χ4n) is 12.7. The summed E-state index contributed by atoms with van der Waals surface area (Å²) in [5.74, 6) is -0.438. The third kappa shape index (κ3) is 9.86. The van der Waals surface area contributed by atoms with E-state index in [-0.39, 0.29) is 41.5 Å². The lowest BCUT2D eigenvalue weighted by Gasteiger charge is -2.48. The molecule has 0 bridgehead atoms. The Kier molecular flexibility index (Phi) is 14.0. The molecule has 17 nitrogen and oxygen atoms in total. The number of likely N-dealkylation sites (tertiary alicyclic amines) is 2. The lowest BCUT2D eigenvalue weighted by molar-refractivity contribution is -0.131. The number of carbonyl (C=O) groups is 4. The first-order valence-corrected chi connectivity index (χ1v) is 26.7. The molecule has 19 heteroatoms. The fraction of sp³-hybridized carbons (Fsp3) is 0.439. The average molecular weight is 1030 g/mol. The van der Waals surface area contributed by atoms with Crippen LogP contribution in [0, 0.1) is 28.9 Å². The number of amides is 5. The fourth-order valence-corrected chi connectivity index (χ4v) is 12.7. The summed E-state index contributed by atoms with van der Waals surface area (Å²) in [5, 5.41) is 32.2. The maximum atomic E-state index is 15.5. The summed E-state index contributed by atoms with van der Waals surface area (Å²) in [4.78, 5) is 67.4. The number of aromatic hydroxyl groups is 1. The van der Waals surface area contributed by atoms with Gasteiger partial charge in [0.25, 0.3) is 5.91 Å². The van der Waals surface area contributed by atoms with Crippen molar-refractivity contribution >= 4 is 51.8 Å². The Morgan fingerprint density at radius 3 is 2.51 bits per heavy atom. The summed E-state index contributed by atoms with van der Waals surface area (Å²) in [6.45, 7) is 5.48. The minimum atomic E-state index is -0.756. The zero-order valence-corrected chi connectivity index (χ0v) is 42.7. The van der Waals surface area contributed by atoms with E-state index in [1.54, 1.807) is 12.3 Å². The lowest BCUT2D eigenvalue weighted by Crippen LogP contribution is -2.57. The van der Waals surface area contributed by atoms with Gasteiger partial charge in [0.1, 0.15) is 29.3 Å². The van der Waals surface area contributed by atoms with Crippen LogP contribution in [-0.4, -0.2) is 132 Å². The predicted octanol–water partition coefficient (Wildman–Crippen LogP) is 8.07. The molecule has 11 rings (SSSR count). The molecule has 0 radical (unpaired) electrons. The first-order valence-electron chi connectivity index (χ1n) is 26.7. The molecule has 9 heterocycles. The number of urea groups is 1. The van der Waals surface area contributed by atoms with Gasteiger partial charge in [0.2, 0.25) is 11.8 Å². The minimum absolute atomic E-state index is 0.00379. The normalized spacial score (nSPS) is 20.4. The van der Waals surface area contributed by atoms with Crippen LogP contribution in [0.15, 0.2) is 85.3 Å². The number of aromatic nitrogens is 5. The Morgan fingerprint density at radius 2 is 1.74 bits per heavy atom. The minimum Gasteiger partial charge on any atom is -0.506 e. The Bertz CT molecular complexity index is 3280. The molecule has 0 saturated carbocycles. The van der Waals surface area contributed by atoms with Crippen LogP contribution in [0.4, 0.5) is 25.2 Å². The molecule has 4 saturated heterocycles. The van der Waals surface area contributed by atoms with Gasteiger partial charge < -0.3 is 24.7 Å². The second kappa shape index (κ2) is 21.1. The second-order valence-corrected chi connectivity index (χ2v) is 21.2. The number of halogens is 2. The number of hydrogen-bond acceptors (Lipinski definition) is 11. The van der Waals surface area contributed by atoms with E-state index in [1.165, 1.54) is 27.4 Å². The molecule has 1 spiro atoms. The summed E-state index contributed by atoms with van der Waals surface area (Å²) in [6.07, 6.45) is 17.6. The Labute approximate surface area is 439 Å². The predicted molar refractivity (Wildman–Crippen MR) is 281 cm³/mol. The maximum absolute atomic E-state index is 15.5. The molecule has 5 aliphatic heterocycles. The van der Waals surface area contributed by atoms with Crippen molar-refractivity contribution in [1.82, 2.24) is 44.4 Å². The zero-order valence-electron chi connectivity index (χ0n) is 42.7. The van der Waals surface area contributed by atoms with Crippen LogP contribution >= 0.6 is 0 Å². The zero-order chi connectivity index (χ0) is 52.7. The number of imide groups is 1. The molecule has 2 aromatic carbocycles. The van der Waals surface area contributed by atoms with Crippen LogP contribution in [0.2, 0.25) is 0 Å². The molecule has 0 aliphatic carbocycles. The summed E-state index contributed by atoms with van der Waals surface area (Å²) in [7, 11) is 1.88. The van der Waals surface area contributed by atoms with Gasteiger partial charge in [0.15, 0.2) is 5.82 Å². The standard InChI is InChI=1S/C57H62F2N12O5/c1-65-49-30-39(8-11-44(49)54(64-65)69-27-18-51(73)63-56(69)76)37-15-24-66(25-16-37)22-4-2-3-7-52(74)68-23-5-6-38(17-26-68)48-14-19-57(71(48)55(75)46-31-42(58)10-12-47(46)59)20-28-67(29-21-57)50-13-9-40(34-61-50)45-32-43(72)36-70-53(45)41(33-60)35-62-70/h5-6,8-13,30-32,34-38,48,72H,2-4,7,14-29H2,1H3,(H,63,73,76). The van der Waals surface area contributed by atoms with Crippen molar-refractivity contribution in [3.63, 3.8) is 0 Å². The van der Waals surface area contributed by atoms with Gasteiger partial charge in [0, 0.05) is 86.9 Å². The Morgan fingerprint density at radius 1 is 0.908 bits per heavy atom. The highest BCUT2D eigenvalue weighted by atomic mass is 19.1. The highest BCUT2D eigenvalue weighted by Crippen LogP contribution is 2.47. The number of piperidine rings is 2. The van der Waals surface area contributed by atoms with Gasteiger partial charge in [-0.15, -0.1) is 0 Å². The molecule has 2 unspecified atom stereocenters. The van der Waals surface area contributed by atoms with Crippen molar-refractivity contribution in [3.05, 3.63) is 114 Å². The van der Waals surface area contributed by atoms with E-state index in [1.807, 2.05) is 45.8 Å². The third-order valence-electron chi connectivity index (χ3n) is 16.8. The second-order valence-electron chi connectivity index (χ2n) is 21.2. The highest BCUT2D eigenvalue weighted by Gasteiger charge is 2.52. The molecular weight excluding hydrogens is 971 g/mol. The van der Waals surface area contributed by atoms with E-state index in [4.69, 9.17) is 4.98 Å². The quantitative estimate of drug-likeness (QED) is 0.0891. The molecule has 394 valence electrons. The number of nitriles is 1. The van der Waals surface area contributed by atoms with E-state index in [0.29, 0.717) is 105 Å². The molecule has 4 fully saturated rings. The number of hydrogen-bond donors (Lipinski definition) is 2. The van der Waals surface area contributed by atoms with Crippen molar-refractivity contribution in [2.24, 2.45) is 13.0 Å². The molecular formula is C57H62F2N12O5. The summed E-state index contributed by atoms with van der Waals surface area (Å²) in [6, 6.07) is 16.3. The molecule has 2 N–H and O–H groups in total. The van der Waals surface area contributed by atoms with Crippen LogP contribution in [-0.2, 0) is 16.6 Å². The summed E-state index contributed by atoms with van der Waals surface area (Å²) >= 11 is 0. The topological polar surface area (TPSA) is 189 Å². The van der Waals surface area contributed by atoms with E-state index in [0.717, 1.165) is 86.7 Å². The van der Waals surface area contributed by atoms with Gasteiger partial charge in [-0.2, -0.15) is 15.5 Å². The first kappa shape index (κ1) is 50.4. The van der Waals surface area contributed by atoms with E-state index >= 15 is 4.39 Å². The number of rotatable bonds is 12. The van der Waals surface area contributed by atoms with Gasteiger partial charge in [0.05, 0.1) is 34.6 Å². The number of nitrogens with one attached hydrogen (secondary N) is 1. The van der Waals surface area contributed by atoms with Gasteiger partial charge in [-0.1, -0.05) is 24.6 Å². The van der Waals surface area contributed by atoms with Crippen molar-refractivity contribution in [1.29, 1.82) is 5.26 Å². The molecule has 6 aromatic rings. The smallest absolute Gasteiger partial charge is 0.329 e. The number of benzene rings is 2. The third-order valence-corrected chi connectivity index (χ3v) is 16.8. The molecule has 5 amide bonds. The molecule has 2 atom stereocenters. The van der Waals surface area contributed by atoms with Crippen molar-refractivity contribution in [2.75, 3.05) is 62.2 Å². The number of pyridine rings is 2. The Balaban J connectivity index is 0.668. The molecule has 76 heavy (non-hydrogen) atoms. The highest BCUT2D eigenvalue weighted by molar-refractivity contribution is 6.09. The van der Waals surface area contributed by atoms with Crippen LogP contribution < -0.4 is 15.1 Å². The van der Waals surface area contributed by atoms with Crippen LogP contribution in [0.3, 0.4) is 0 Å². The van der Waals surface area contributed by atoms with E-state index < -0.39 is 29.1 Å². The van der Waals surface area contributed by atoms with Gasteiger partial charge in [-0.05, 0) is 143 Å². The van der Waals surface area contributed by atoms with E-state index in [9.17, 15) is 33.9 Å². The van der Waals surface area contributed by atoms with Crippen molar-refractivity contribution in [2.45, 2.75) is 94.5 Å². The number of aryl methyl sites for hydroxylation is 1. The summed E-state index contributed by atoms with van der Waals surface area (Å²) in [5.41, 5.74) is 3.65. The van der Waals surface area contributed by atoms with Crippen molar-refractivity contribution in [3.8, 4) is 22.9 Å². The van der Waals surface area contributed by atoms with Crippen LogP contribution in [0.25, 0.3) is 27.5 Å². The first-order chi connectivity index (χ1) is 36.9. The number of nitrogens with zero attached hydrogens (tertiary/aromatic N) is 11. The molecule has 4 aromatic heterocycles. The monoisotopic (exact) mass is 1030 g/mol. The van der Waals surface area contributed by atoms with Gasteiger partial charge >= 0.3 is 6.03 Å². The SMILES string of the molecule is Cn1nc(N2CCC(=O)NC2=O)c2ccc(C3CCN(CCCCCC(=O)N4CC=CC(C5CCC6(CCN(c7ccc(-c8cc(O)cn9ncc(C#N)c89)cn7)CC6)N5C(=O)c5cc(F)ccc5F)CC4)CC3)cc21. The van der Waals surface area contributed by atoms with Crippen LogP contribution in [0.1, 0.15) is 104 Å². The largest absolute Gasteiger partial charge is 0.506 e. The van der Waals surface area contributed by atoms with Crippen molar-refractivity contribution < 1.29 is 33.1 Å². The number of unbranched alkanes of at least 4 members (excludes halogenated alkanes) is 2. The van der Waals surface area contributed by atoms with Gasteiger partial charge in [-0.25, -0.2) is 23.1 Å². The molecule has 5 aliphatic rings. The number of fused-ring (bicyclic) bond motifs is 2. The van der Waals surface area contributed by atoms with Gasteiger partial charge in [-0.3, -0.25) is 29.3 Å². The maximum Gasteiger partial charge on any atom is 0.329 e. The Hall–Kier alpha value is -7.72. The van der Waals surface area contributed by atoms with Crippen LogP contribution in [0.5, 0.6) is 5.75 Å². The average Bonchev–Trinajstić information content (AvgIpc) is 4.12.